The summed E-state index contributed by atoms with van der Waals surface area (Å²) in [4.78, 5) is 16.8. The fourth-order valence-corrected chi connectivity index (χ4v) is 4.51. The van der Waals surface area contributed by atoms with E-state index in [4.69, 9.17) is 14.2 Å². The molecule has 6 nitrogen and oxygen atoms in total. The van der Waals surface area contributed by atoms with Gasteiger partial charge in [0.2, 0.25) is 11.7 Å². The summed E-state index contributed by atoms with van der Waals surface area (Å²) in [5.41, 5.74) is 0.948. The molecule has 7 heteroatoms. The Morgan fingerprint density at radius 2 is 1.81 bits per heavy atom. The van der Waals surface area contributed by atoms with Gasteiger partial charge in [-0.15, -0.1) is 11.8 Å². The number of hydrogen-bond donors (Lipinski definition) is 0. The minimum absolute atomic E-state index is 0.0611. The Morgan fingerprint density at radius 1 is 1.12 bits per heavy atom. The van der Waals surface area contributed by atoms with Crippen molar-refractivity contribution in [2.24, 2.45) is 0 Å². The molecule has 0 bridgehead atoms. The molecule has 1 aliphatic rings. The van der Waals surface area contributed by atoms with Gasteiger partial charge in [0.15, 0.2) is 11.5 Å². The predicted molar refractivity (Wildman–Crippen MR) is 105 cm³/mol. The molecule has 26 heavy (non-hydrogen) atoms. The van der Waals surface area contributed by atoms with Crippen molar-refractivity contribution in [1.82, 2.24) is 9.80 Å². The number of nitrogens with zero attached hydrogens (tertiary/aromatic N) is 2. The van der Waals surface area contributed by atoms with E-state index in [1.165, 1.54) is 0 Å². The van der Waals surface area contributed by atoms with E-state index in [0.29, 0.717) is 23.0 Å². The second kappa shape index (κ2) is 9.92. The molecule has 1 atom stereocenters. The van der Waals surface area contributed by atoms with Crippen LogP contribution in [-0.4, -0.2) is 69.0 Å². The number of rotatable bonds is 10. The van der Waals surface area contributed by atoms with Crippen LogP contribution in [0.3, 0.4) is 0 Å². The Hall–Kier alpha value is -1.60. The van der Waals surface area contributed by atoms with Gasteiger partial charge in [-0.25, -0.2) is 0 Å². The summed E-state index contributed by atoms with van der Waals surface area (Å²) in [7, 11) is 4.82. The minimum atomic E-state index is -0.0611. The van der Waals surface area contributed by atoms with Crippen molar-refractivity contribution < 1.29 is 19.0 Å². The molecular formula is C19H30N2O4S. The van der Waals surface area contributed by atoms with E-state index in [-0.39, 0.29) is 11.3 Å². The average molecular weight is 383 g/mol. The summed E-state index contributed by atoms with van der Waals surface area (Å²) < 4.78 is 16.5. The fraction of sp³-hybridized carbons (Fsp3) is 0.632. The highest BCUT2D eigenvalue weighted by Crippen LogP contribution is 2.48. The Labute approximate surface area is 160 Å². The summed E-state index contributed by atoms with van der Waals surface area (Å²) in [5.74, 6) is 2.49. The van der Waals surface area contributed by atoms with Crippen molar-refractivity contribution in [3.63, 3.8) is 0 Å². The summed E-state index contributed by atoms with van der Waals surface area (Å²) in [6, 6.07) is 3.84. The van der Waals surface area contributed by atoms with Gasteiger partial charge in [0.1, 0.15) is 5.37 Å². The highest BCUT2D eigenvalue weighted by molar-refractivity contribution is 8.00. The SMILES string of the molecule is CCN(CC)CCCN1C(=O)CSC1c1ccc(OC)c(OC)c1OC. The lowest BCUT2D eigenvalue weighted by atomic mass is 10.1. The highest BCUT2D eigenvalue weighted by Gasteiger charge is 2.35. The third kappa shape index (κ3) is 4.38. The van der Waals surface area contributed by atoms with Gasteiger partial charge in [0.05, 0.1) is 27.1 Å². The molecule has 0 aromatic heterocycles. The van der Waals surface area contributed by atoms with Crippen LogP contribution >= 0.6 is 11.8 Å². The molecule has 0 spiro atoms. The maximum Gasteiger partial charge on any atom is 0.233 e. The lowest BCUT2D eigenvalue weighted by Gasteiger charge is -2.27. The van der Waals surface area contributed by atoms with E-state index >= 15 is 0 Å². The molecule has 1 unspecified atom stereocenters. The summed E-state index contributed by atoms with van der Waals surface area (Å²) in [6.07, 6.45) is 0.958. The number of amides is 1. The molecule has 0 radical (unpaired) electrons. The van der Waals surface area contributed by atoms with Crippen LogP contribution in [0.5, 0.6) is 17.2 Å². The Bertz CT molecular complexity index is 607. The smallest absolute Gasteiger partial charge is 0.233 e. The number of benzene rings is 1. The van der Waals surface area contributed by atoms with E-state index < -0.39 is 0 Å². The number of hydrogen-bond acceptors (Lipinski definition) is 6. The fourth-order valence-electron chi connectivity index (χ4n) is 3.28. The Morgan fingerprint density at radius 3 is 2.38 bits per heavy atom. The van der Waals surface area contributed by atoms with Crippen LogP contribution in [0.1, 0.15) is 31.2 Å². The van der Waals surface area contributed by atoms with Crippen molar-refractivity contribution in [3.8, 4) is 17.2 Å². The van der Waals surface area contributed by atoms with Gasteiger partial charge in [-0.05, 0) is 38.2 Å². The third-order valence-corrected chi connectivity index (χ3v) is 5.97. The molecule has 1 fully saturated rings. The molecule has 1 amide bonds. The molecular weight excluding hydrogens is 352 g/mol. The molecule has 146 valence electrons. The van der Waals surface area contributed by atoms with E-state index in [2.05, 4.69) is 18.7 Å². The summed E-state index contributed by atoms with van der Waals surface area (Å²) in [6.45, 7) is 8.13. The molecule has 2 rings (SSSR count). The zero-order valence-electron chi connectivity index (χ0n) is 16.4. The van der Waals surface area contributed by atoms with Gasteiger partial charge in [-0.2, -0.15) is 0 Å². The first-order valence-corrected chi connectivity index (χ1v) is 10.1. The molecule has 1 aromatic carbocycles. The van der Waals surface area contributed by atoms with Crippen molar-refractivity contribution in [3.05, 3.63) is 17.7 Å². The first-order valence-electron chi connectivity index (χ1n) is 9.03. The lowest BCUT2D eigenvalue weighted by Crippen LogP contribution is -2.32. The van der Waals surface area contributed by atoms with Crippen LogP contribution in [0.4, 0.5) is 0 Å². The van der Waals surface area contributed by atoms with Crippen molar-refractivity contribution in [2.45, 2.75) is 25.6 Å². The number of methoxy groups -OCH3 is 3. The van der Waals surface area contributed by atoms with E-state index in [1.54, 1.807) is 33.1 Å². The van der Waals surface area contributed by atoms with Gasteiger partial charge in [-0.3, -0.25) is 4.79 Å². The molecule has 0 saturated carbocycles. The second-order valence-electron chi connectivity index (χ2n) is 6.05. The number of carbonyl (C=O) groups excluding carboxylic acids is 1. The van der Waals surface area contributed by atoms with Crippen LogP contribution in [0.25, 0.3) is 0 Å². The zero-order chi connectivity index (χ0) is 19.1. The first kappa shape index (κ1) is 20.7. The monoisotopic (exact) mass is 382 g/mol. The molecule has 0 N–H and O–H groups in total. The molecule has 1 aliphatic heterocycles. The minimum Gasteiger partial charge on any atom is -0.493 e. The van der Waals surface area contributed by atoms with Gasteiger partial charge in [0.25, 0.3) is 0 Å². The van der Waals surface area contributed by atoms with Crippen LogP contribution in [0.2, 0.25) is 0 Å². The van der Waals surface area contributed by atoms with Crippen LogP contribution < -0.4 is 14.2 Å². The lowest BCUT2D eigenvalue weighted by molar-refractivity contribution is -0.128. The standard InChI is InChI=1S/C19H30N2O4S/c1-6-20(7-2)11-8-12-21-16(22)13-26-19(21)14-9-10-15(23-3)18(25-5)17(14)24-4/h9-10,19H,6-8,11-13H2,1-5H3. The largest absolute Gasteiger partial charge is 0.493 e. The Balaban J connectivity index is 2.21. The van der Waals surface area contributed by atoms with E-state index in [9.17, 15) is 4.79 Å². The number of carbonyl (C=O) groups is 1. The second-order valence-corrected chi connectivity index (χ2v) is 7.12. The molecule has 0 aliphatic carbocycles. The van der Waals surface area contributed by atoms with Crippen molar-refractivity contribution in [1.29, 1.82) is 0 Å². The third-order valence-electron chi connectivity index (χ3n) is 4.74. The molecule has 1 saturated heterocycles. The summed E-state index contributed by atoms with van der Waals surface area (Å²) in [5, 5.41) is -0.0611. The molecule has 1 aromatic rings. The quantitative estimate of drug-likeness (QED) is 0.620. The van der Waals surface area contributed by atoms with Crippen LogP contribution in [0, 0.1) is 0 Å². The maximum absolute atomic E-state index is 12.4. The Kier molecular flexibility index (Phi) is 7.90. The van der Waals surface area contributed by atoms with E-state index in [1.807, 2.05) is 17.0 Å². The van der Waals surface area contributed by atoms with Crippen LogP contribution in [-0.2, 0) is 4.79 Å². The topological polar surface area (TPSA) is 51.2 Å². The highest BCUT2D eigenvalue weighted by atomic mass is 32.2. The maximum atomic E-state index is 12.4. The van der Waals surface area contributed by atoms with Crippen LogP contribution in [0.15, 0.2) is 12.1 Å². The first-order chi connectivity index (χ1) is 12.6. The normalized spacial score (nSPS) is 17.1. The number of ether oxygens (including phenoxy) is 3. The van der Waals surface area contributed by atoms with Gasteiger partial charge < -0.3 is 24.0 Å². The summed E-state index contributed by atoms with van der Waals surface area (Å²) >= 11 is 1.63. The van der Waals surface area contributed by atoms with Gasteiger partial charge in [0, 0.05) is 12.1 Å². The van der Waals surface area contributed by atoms with E-state index in [0.717, 1.165) is 38.2 Å². The van der Waals surface area contributed by atoms with Crippen molar-refractivity contribution >= 4 is 17.7 Å². The number of thioether (sulfide) groups is 1. The van der Waals surface area contributed by atoms with Crippen molar-refractivity contribution in [2.75, 3.05) is 53.3 Å². The predicted octanol–water partition coefficient (Wildman–Crippen LogP) is 3.02. The van der Waals surface area contributed by atoms with Gasteiger partial charge >= 0.3 is 0 Å². The zero-order valence-corrected chi connectivity index (χ0v) is 17.2. The average Bonchev–Trinajstić information content (AvgIpc) is 3.04. The molecule has 1 heterocycles. The van der Waals surface area contributed by atoms with Gasteiger partial charge in [-0.1, -0.05) is 13.8 Å².